The number of nitrogens with zero attached hydrogens (tertiary/aromatic N) is 2. The quantitative estimate of drug-likeness (QED) is 0.873. The number of anilines is 1. The summed E-state index contributed by atoms with van der Waals surface area (Å²) in [6, 6.07) is 5.73. The predicted molar refractivity (Wildman–Crippen MR) is 88.5 cm³/mol. The smallest absolute Gasteiger partial charge is 0.227 e. The number of ether oxygens (including phenoxy) is 1. The number of hydrogen-bond acceptors (Lipinski definition) is 6. The predicted octanol–water partition coefficient (Wildman–Crippen LogP) is 1.86. The van der Waals surface area contributed by atoms with Gasteiger partial charge in [-0.25, -0.2) is 4.98 Å². The third-order valence-corrected chi connectivity index (χ3v) is 4.39. The van der Waals surface area contributed by atoms with Crippen LogP contribution in [0.4, 0.5) is 5.13 Å². The molecule has 1 amide bonds. The topological polar surface area (TPSA) is 74.7 Å². The number of benzene rings is 1. The summed E-state index contributed by atoms with van der Waals surface area (Å²) in [5, 5.41) is 14.5. The normalized spacial score (nSPS) is 14.7. The van der Waals surface area contributed by atoms with Gasteiger partial charge in [-0.05, 0) is 17.7 Å². The Labute approximate surface area is 138 Å². The number of thiazole rings is 1. The molecule has 6 nitrogen and oxygen atoms in total. The van der Waals surface area contributed by atoms with Crippen LogP contribution in [0, 0.1) is 0 Å². The van der Waals surface area contributed by atoms with Gasteiger partial charge in [0.2, 0.25) is 5.91 Å². The molecule has 2 aromatic rings. The average Bonchev–Trinajstić information content (AvgIpc) is 2.97. The zero-order valence-corrected chi connectivity index (χ0v) is 13.5. The van der Waals surface area contributed by atoms with Gasteiger partial charge in [0.25, 0.3) is 0 Å². The minimum atomic E-state index is -0.0329. The van der Waals surface area contributed by atoms with Crippen LogP contribution in [-0.4, -0.2) is 40.6 Å². The number of aliphatic hydroxyl groups is 1. The van der Waals surface area contributed by atoms with Crippen LogP contribution >= 0.6 is 11.3 Å². The molecule has 0 saturated carbocycles. The SMILES string of the molecule is O=C(CCN1CCOc2ccc(CO)cc2C1)Nc1nccs1. The van der Waals surface area contributed by atoms with E-state index in [1.165, 1.54) is 11.3 Å². The zero-order chi connectivity index (χ0) is 16.1. The maximum absolute atomic E-state index is 11.9. The molecule has 0 radical (unpaired) electrons. The fourth-order valence-electron chi connectivity index (χ4n) is 2.52. The van der Waals surface area contributed by atoms with Crippen molar-refractivity contribution < 1.29 is 14.6 Å². The van der Waals surface area contributed by atoms with Gasteiger partial charge < -0.3 is 15.2 Å². The molecule has 2 heterocycles. The van der Waals surface area contributed by atoms with E-state index in [-0.39, 0.29) is 12.5 Å². The van der Waals surface area contributed by atoms with Crippen LogP contribution in [0.15, 0.2) is 29.8 Å². The van der Waals surface area contributed by atoms with Gasteiger partial charge in [0.15, 0.2) is 5.13 Å². The standard InChI is InChI=1S/C16H19N3O3S/c20-11-12-1-2-14-13(9-12)10-19(6-7-22-14)5-3-15(21)18-16-17-4-8-23-16/h1-2,4,8-9,20H,3,5-7,10-11H2,(H,17,18,21). The summed E-state index contributed by atoms with van der Waals surface area (Å²) in [6.07, 6.45) is 2.08. The van der Waals surface area contributed by atoms with Crippen LogP contribution in [0.1, 0.15) is 17.5 Å². The van der Waals surface area contributed by atoms with E-state index >= 15 is 0 Å². The fraction of sp³-hybridized carbons (Fsp3) is 0.375. The molecule has 0 spiro atoms. The lowest BCUT2D eigenvalue weighted by Gasteiger charge is -2.18. The van der Waals surface area contributed by atoms with E-state index in [9.17, 15) is 9.90 Å². The van der Waals surface area contributed by atoms with Crippen LogP contribution < -0.4 is 10.1 Å². The molecule has 1 aliphatic rings. The monoisotopic (exact) mass is 333 g/mol. The summed E-state index contributed by atoms with van der Waals surface area (Å²) in [5.41, 5.74) is 1.92. The molecule has 1 aromatic carbocycles. The minimum Gasteiger partial charge on any atom is -0.492 e. The second kappa shape index (κ2) is 7.54. The van der Waals surface area contributed by atoms with Gasteiger partial charge in [0.1, 0.15) is 12.4 Å². The number of hydrogen-bond donors (Lipinski definition) is 2. The summed E-state index contributed by atoms with van der Waals surface area (Å²) < 4.78 is 5.74. The highest BCUT2D eigenvalue weighted by Gasteiger charge is 2.16. The largest absolute Gasteiger partial charge is 0.492 e. The van der Waals surface area contributed by atoms with Crippen molar-refractivity contribution in [1.82, 2.24) is 9.88 Å². The number of aliphatic hydroxyl groups excluding tert-OH is 1. The fourth-order valence-corrected chi connectivity index (χ4v) is 3.06. The molecule has 0 fully saturated rings. The van der Waals surface area contributed by atoms with Gasteiger partial charge in [-0.15, -0.1) is 11.3 Å². The molecule has 1 aliphatic heterocycles. The van der Waals surface area contributed by atoms with Gasteiger partial charge in [0.05, 0.1) is 6.61 Å². The van der Waals surface area contributed by atoms with Crippen LogP contribution in [-0.2, 0) is 17.9 Å². The molecule has 0 saturated heterocycles. The molecule has 0 atom stereocenters. The first kappa shape index (κ1) is 15.9. The number of nitrogens with one attached hydrogen (secondary N) is 1. The number of rotatable bonds is 5. The van der Waals surface area contributed by atoms with Crippen molar-refractivity contribution in [3.05, 3.63) is 40.9 Å². The molecular weight excluding hydrogens is 314 g/mol. The number of aromatic nitrogens is 1. The first-order valence-electron chi connectivity index (χ1n) is 7.52. The van der Waals surface area contributed by atoms with E-state index in [1.807, 2.05) is 23.6 Å². The van der Waals surface area contributed by atoms with Crippen LogP contribution in [0.2, 0.25) is 0 Å². The second-order valence-corrected chi connectivity index (χ2v) is 6.25. The number of carbonyl (C=O) groups is 1. The Bertz CT molecular complexity index is 661. The van der Waals surface area contributed by atoms with E-state index in [2.05, 4.69) is 15.2 Å². The van der Waals surface area contributed by atoms with Crippen molar-refractivity contribution in [2.24, 2.45) is 0 Å². The third kappa shape index (κ3) is 4.28. The van der Waals surface area contributed by atoms with Crippen molar-refractivity contribution in [3.63, 3.8) is 0 Å². The van der Waals surface area contributed by atoms with Crippen molar-refractivity contribution >= 4 is 22.4 Å². The van der Waals surface area contributed by atoms with Gasteiger partial charge >= 0.3 is 0 Å². The van der Waals surface area contributed by atoms with E-state index in [0.29, 0.717) is 31.2 Å². The molecule has 1 aromatic heterocycles. The van der Waals surface area contributed by atoms with Crippen molar-refractivity contribution in [1.29, 1.82) is 0 Å². The molecule has 7 heteroatoms. The lowest BCUT2D eigenvalue weighted by atomic mass is 10.1. The first-order valence-corrected chi connectivity index (χ1v) is 8.40. The lowest BCUT2D eigenvalue weighted by molar-refractivity contribution is -0.116. The Morgan fingerprint density at radius 3 is 3.17 bits per heavy atom. The summed E-state index contributed by atoms with van der Waals surface area (Å²) >= 11 is 1.41. The van der Waals surface area contributed by atoms with Gasteiger partial charge in [-0.2, -0.15) is 0 Å². The Morgan fingerprint density at radius 2 is 2.39 bits per heavy atom. The number of fused-ring (bicyclic) bond motifs is 1. The molecule has 122 valence electrons. The van der Waals surface area contributed by atoms with Crippen molar-refractivity contribution in [2.45, 2.75) is 19.6 Å². The van der Waals surface area contributed by atoms with Crippen molar-refractivity contribution in [2.75, 3.05) is 25.0 Å². The van der Waals surface area contributed by atoms with E-state index in [0.717, 1.165) is 23.4 Å². The maximum Gasteiger partial charge on any atom is 0.227 e. The lowest BCUT2D eigenvalue weighted by Crippen LogP contribution is -2.29. The highest BCUT2D eigenvalue weighted by molar-refractivity contribution is 7.13. The Hall–Kier alpha value is -1.96. The molecule has 0 aliphatic carbocycles. The van der Waals surface area contributed by atoms with Crippen LogP contribution in [0.5, 0.6) is 5.75 Å². The molecule has 23 heavy (non-hydrogen) atoms. The van der Waals surface area contributed by atoms with Gasteiger partial charge in [-0.3, -0.25) is 9.69 Å². The Morgan fingerprint density at radius 1 is 1.48 bits per heavy atom. The minimum absolute atomic E-state index is 0.0174. The van der Waals surface area contributed by atoms with Gasteiger partial charge in [-0.1, -0.05) is 6.07 Å². The molecule has 0 bridgehead atoms. The summed E-state index contributed by atoms with van der Waals surface area (Å²) in [4.78, 5) is 18.2. The van der Waals surface area contributed by atoms with E-state index < -0.39 is 0 Å². The van der Waals surface area contributed by atoms with Crippen LogP contribution in [0.3, 0.4) is 0 Å². The molecule has 2 N–H and O–H groups in total. The van der Waals surface area contributed by atoms with Crippen LogP contribution in [0.25, 0.3) is 0 Å². The first-order chi connectivity index (χ1) is 11.2. The molecular formula is C16H19N3O3S. The third-order valence-electron chi connectivity index (χ3n) is 3.70. The molecule has 0 unspecified atom stereocenters. The summed E-state index contributed by atoms with van der Waals surface area (Å²) in [5.74, 6) is 0.825. The maximum atomic E-state index is 11.9. The average molecular weight is 333 g/mol. The number of amides is 1. The molecule has 3 rings (SSSR count). The van der Waals surface area contributed by atoms with E-state index in [1.54, 1.807) is 6.20 Å². The van der Waals surface area contributed by atoms with E-state index in [4.69, 9.17) is 4.74 Å². The number of carbonyl (C=O) groups excluding carboxylic acids is 1. The Kier molecular flexibility index (Phi) is 5.22. The second-order valence-electron chi connectivity index (χ2n) is 5.36. The highest BCUT2D eigenvalue weighted by atomic mass is 32.1. The zero-order valence-electron chi connectivity index (χ0n) is 12.7. The summed E-state index contributed by atoms with van der Waals surface area (Å²) in [6.45, 7) is 2.76. The Balaban J connectivity index is 1.56. The highest BCUT2D eigenvalue weighted by Crippen LogP contribution is 2.24. The summed E-state index contributed by atoms with van der Waals surface area (Å²) in [7, 11) is 0. The van der Waals surface area contributed by atoms with Crippen molar-refractivity contribution in [3.8, 4) is 5.75 Å². The van der Waals surface area contributed by atoms with Gasteiger partial charge in [0, 0.05) is 43.2 Å².